The second-order valence-electron chi connectivity index (χ2n) is 6.38. The van der Waals surface area contributed by atoms with Crippen molar-refractivity contribution in [3.63, 3.8) is 0 Å². The molecule has 0 heteroatoms. The van der Waals surface area contributed by atoms with Crippen molar-refractivity contribution in [1.82, 2.24) is 0 Å². The van der Waals surface area contributed by atoms with Gasteiger partial charge >= 0.3 is 0 Å². The van der Waals surface area contributed by atoms with Gasteiger partial charge in [0, 0.05) is 0 Å². The maximum atomic E-state index is 2.55. The van der Waals surface area contributed by atoms with Gasteiger partial charge in [0.15, 0.2) is 0 Å². The molecule has 0 aliphatic heterocycles. The predicted octanol–water partition coefficient (Wildman–Crippen LogP) is 3.35. The van der Waals surface area contributed by atoms with Crippen molar-refractivity contribution in [2.24, 2.45) is 47.3 Å². The average molecular weight is 188 g/mol. The van der Waals surface area contributed by atoms with Crippen molar-refractivity contribution in [1.29, 1.82) is 0 Å². The molecular weight excluding hydrogens is 168 g/mol. The summed E-state index contributed by atoms with van der Waals surface area (Å²) in [4.78, 5) is 0. The van der Waals surface area contributed by atoms with E-state index in [-0.39, 0.29) is 0 Å². The second kappa shape index (κ2) is 2.28. The SMILES string of the molecule is C[C@@H]1C2CC(C3C4C=CC(C4)C32)[C@@H]1C. The minimum Gasteiger partial charge on any atom is -0.0848 e. The first-order valence-electron chi connectivity index (χ1n) is 6.45. The average Bonchev–Trinajstić information content (AvgIpc) is 2.87. The first-order valence-corrected chi connectivity index (χ1v) is 6.45. The summed E-state index contributed by atoms with van der Waals surface area (Å²) in [5.74, 6) is 8.45. The van der Waals surface area contributed by atoms with Crippen molar-refractivity contribution < 1.29 is 0 Å². The Morgan fingerprint density at radius 3 is 1.79 bits per heavy atom. The Morgan fingerprint density at radius 2 is 1.29 bits per heavy atom. The topological polar surface area (TPSA) is 0 Å². The Bertz CT molecular complexity index is 275. The molecule has 76 valence electrons. The fourth-order valence-electron chi connectivity index (χ4n) is 5.64. The molecule has 0 aromatic rings. The molecule has 4 bridgehead atoms. The van der Waals surface area contributed by atoms with Crippen molar-refractivity contribution in [2.45, 2.75) is 26.7 Å². The quantitative estimate of drug-likeness (QED) is 0.404. The van der Waals surface area contributed by atoms with Crippen molar-refractivity contribution in [3.05, 3.63) is 12.2 Å². The smallest absolute Gasteiger partial charge is 0.0194 e. The fourth-order valence-corrected chi connectivity index (χ4v) is 5.64. The summed E-state index contributed by atoms with van der Waals surface area (Å²) >= 11 is 0. The van der Waals surface area contributed by atoms with E-state index in [0.717, 1.165) is 47.3 Å². The molecule has 6 unspecified atom stereocenters. The molecule has 0 aromatic carbocycles. The molecule has 3 saturated carbocycles. The van der Waals surface area contributed by atoms with E-state index in [2.05, 4.69) is 26.0 Å². The molecule has 4 aliphatic carbocycles. The molecule has 4 aliphatic rings. The maximum absolute atomic E-state index is 2.55. The Morgan fingerprint density at radius 1 is 0.786 bits per heavy atom. The first-order chi connectivity index (χ1) is 6.77. The number of allylic oxidation sites excluding steroid dienone is 2. The van der Waals surface area contributed by atoms with Gasteiger partial charge in [0.2, 0.25) is 0 Å². The van der Waals surface area contributed by atoms with Gasteiger partial charge in [-0.2, -0.15) is 0 Å². The molecule has 3 fully saturated rings. The van der Waals surface area contributed by atoms with Crippen LogP contribution in [0.25, 0.3) is 0 Å². The lowest BCUT2D eigenvalue weighted by molar-refractivity contribution is 0.108. The summed E-state index contributed by atoms with van der Waals surface area (Å²) < 4.78 is 0. The third-order valence-corrected chi connectivity index (χ3v) is 6.30. The van der Waals surface area contributed by atoms with Crippen LogP contribution in [0.3, 0.4) is 0 Å². The Hall–Kier alpha value is -0.260. The van der Waals surface area contributed by atoms with E-state index in [4.69, 9.17) is 0 Å². The van der Waals surface area contributed by atoms with Crippen LogP contribution in [0.1, 0.15) is 26.7 Å². The molecular formula is C14H20. The molecule has 0 aromatic heterocycles. The second-order valence-corrected chi connectivity index (χ2v) is 6.38. The lowest BCUT2D eigenvalue weighted by Crippen LogP contribution is -2.34. The Labute approximate surface area is 86.8 Å². The molecule has 0 heterocycles. The van der Waals surface area contributed by atoms with E-state index in [0.29, 0.717) is 0 Å². The largest absolute Gasteiger partial charge is 0.0848 e. The van der Waals surface area contributed by atoms with Gasteiger partial charge in [-0.25, -0.2) is 0 Å². The minimum absolute atomic E-state index is 0.995. The summed E-state index contributed by atoms with van der Waals surface area (Å²) in [5, 5.41) is 0. The molecule has 0 radical (unpaired) electrons. The summed E-state index contributed by atoms with van der Waals surface area (Å²) in [7, 11) is 0. The van der Waals surface area contributed by atoms with Crippen LogP contribution >= 0.6 is 0 Å². The molecule has 4 rings (SSSR count). The third kappa shape index (κ3) is 0.677. The molecule has 0 nitrogen and oxygen atoms in total. The van der Waals surface area contributed by atoms with E-state index >= 15 is 0 Å². The number of rotatable bonds is 0. The van der Waals surface area contributed by atoms with Crippen LogP contribution in [0.2, 0.25) is 0 Å². The highest BCUT2D eigenvalue weighted by molar-refractivity contribution is 5.21. The molecule has 14 heavy (non-hydrogen) atoms. The van der Waals surface area contributed by atoms with Crippen molar-refractivity contribution in [3.8, 4) is 0 Å². The van der Waals surface area contributed by atoms with Gasteiger partial charge in [-0.15, -0.1) is 0 Å². The monoisotopic (exact) mass is 188 g/mol. The van der Waals surface area contributed by atoms with E-state index in [1.165, 1.54) is 6.42 Å². The normalized spacial score (nSPS) is 67.9. The first kappa shape index (κ1) is 7.96. The Kier molecular flexibility index (Phi) is 1.30. The minimum atomic E-state index is 0.995. The number of hydrogen-bond donors (Lipinski definition) is 0. The highest BCUT2D eigenvalue weighted by atomic mass is 14.7. The van der Waals surface area contributed by atoms with E-state index in [9.17, 15) is 0 Å². The zero-order chi connectivity index (χ0) is 9.45. The summed E-state index contributed by atoms with van der Waals surface area (Å²) in [5.41, 5.74) is 0. The van der Waals surface area contributed by atoms with Gasteiger partial charge in [-0.1, -0.05) is 26.0 Å². The van der Waals surface area contributed by atoms with E-state index in [1.807, 2.05) is 0 Å². The van der Waals surface area contributed by atoms with E-state index in [1.54, 1.807) is 6.42 Å². The van der Waals surface area contributed by atoms with Crippen LogP contribution in [-0.4, -0.2) is 0 Å². The van der Waals surface area contributed by atoms with Crippen molar-refractivity contribution in [2.75, 3.05) is 0 Å². The maximum Gasteiger partial charge on any atom is -0.0194 e. The van der Waals surface area contributed by atoms with Gasteiger partial charge in [0.05, 0.1) is 0 Å². The summed E-state index contributed by atoms with van der Waals surface area (Å²) in [6.07, 6.45) is 8.18. The zero-order valence-electron chi connectivity index (χ0n) is 9.19. The van der Waals surface area contributed by atoms with Crippen LogP contribution in [-0.2, 0) is 0 Å². The van der Waals surface area contributed by atoms with Gasteiger partial charge in [0.25, 0.3) is 0 Å². The number of fused-ring (bicyclic) bond motifs is 9. The van der Waals surface area contributed by atoms with Crippen molar-refractivity contribution >= 4 is 0 Å². The third-order valence-electron chi connectivity index (χ3n) is 6.30. The fraction of sp³-hybridized carbons (Fsp3) is 0.857. The van der Waals surface area contributed by atoms with Gasteiger partial charge < -0.3 is 0 Å². The van der Waals surface area contributed by atoms with Crippen LogP contribution in [0, 0.1) is 47.3 Å². The van der Waals surface area contributed by atoms with Crippen LogP contribution in [0.5, 0.6) is 0 Å². The predicted molar refractivity (Wildman–Crippen MR) is 57.6 cm³/mol. The van der Waals surface area contributed by atoms with Gasteiger partial charge in [-0.3, -0.25) is 0 Å². The van der Waals surface area contributed by atoms with Crippen LogP contribution in [0.15, 0.2) is 12.2 Å². The molecule has 8 atom stereocenters. The standard InChI is InChI=1S/C14H20/c1-7-8(2)12-6-11(7)13-9-3-4-10(5-9)14(12)13/h3-4,7-14H,5-6H2,1-2H3/t7-,8+,9?,10?,11?,12?,13?,14?. The molecule has 0 spiro atoms. The van der Waals surface area contributed by atoms with Crippen LogP contribution < -0.4 is 0 Å². The van der Waals surface area contributed by atoms with E-state index < -0.39 is 0 Å². The number of hydrogen-bond acceptors (Lipinski definition) is 0. The van der Waals surface area contributed by atoms with Gasteiger partial charge in [0.1, 0.15) is 0 Å². The van der Waals surface area contributed by atoms with Gasteiger partial charge in [-0.05, 0) is 60.2 Å². The summed E-state index contributed by atoms with van der Waals surface area (Å²) in [6, 6.07) is 0. The lowest BCUT2D eigenvalue weighted by atomic mass is 9.66. The highest BCUT2D eigenvalue weighted by Crippen LogP contribution is 2.68. The summed E-state index contributed by atoms with van der Waals surface area (Å²) in [6.45, 7) is 5.03. The molecule has 0 saturated heterocycles. The van der Waals surface area contributed by atoms with Crippen LogP contribution in [0.4, 0.5) is 0 Å². The molecule has 0 amide bonds. The lowest BCUT2D eigenvalue weighted by Gasteiger charge is -2.39. The Balaban J connectivity index is 1.78. The zero-order valence-corrected chi connectivity index (χ0v) is 9.19. The molecule has 0 N–H and O–H groups in total. The highest BCUT2D eigenvalue weighted by Gasteiger charge is 2.62.